The second kappa shape index (κ2) is 12.7. The Hall–Kier alpha value is -4.93. The van der Waals surface area contributed by atoms with Gasteiger partial charge in [-0.15, -0.1) is 0 Å². The van der Waals surface area contributed by atoms with Crippen LogP contribution in [0.2, 0.25) is 5.02 Å². The van der Waals surface area contributed by atoms with E-state index >= 15 is 4.39 Å². The highest BCUT2D eigenvalue weighted by Gasteiger charge is 2.27. The summed E-state index contributed by atoms with van der Waals surface area (Å²) >= 11 is 6.24. The van der Waals surface area contributed by atoms with Gasteiger partial charge in [-0.1, -0.05) is 48.0 Å². The van der Waals surface area contributed by atoms with Crippen LogP contribution in [0.5, 0.6) is 0 Å². The van der Waals surface area contributed by atoms with Crippen LogP contribution in [0.1, 0.15) is 30.0 Å². The summed E-state index contributed by atoms with van der Waals surface area (Å²) in [4.78, 5) is 47.3. The minimum Gasteiger partial charge on any atom is -0.391 e. The molecule has 5 rings (SSSR count). The van der Waals surface area contributed by atoms with E-state index in [1.165, 1.54) is 26.0 Å². The molecule has 224 valence electrons. The molecule has 9 nitrogen and oxygen atoms in total. The fourth-order valence-corrected chi connectivity index (χ4v) is 5.17. The van der Waals surface area contributed by atoms with Gasteiger partial charge in [-0.05, 0) is 50.6 Å². The van der Waals surface area contributed by atoms with E-state index in [4.69, 9.17) is 11.6 Å². The number of hydrogen-bond donors (Lipinski definition) is 3. The summed E-state index contributed by atoms with van der Waals surface area (Å²) in [6.45, 7) is 4.32. The molecule has 2 amide bonds. The van der Waals surface area contributed by atoms with Gasteiger partial charge in [-0.3, -0.25) is 14.4 Å². The van der Waals surface area contributed by atoms with Crippen molar-refractivity contribution < 1.29 is 23.9 Å². The van der Waals surface area contributed by atoms with Crippen LogP contribution in [0.15, 0.2) is 79.3 Å². The number of aryl methyl sites for hydroxylation is 1. The highest BCUT2D eigenvalue weighted by Crippen LogP contribution is 2.33. The number of carbonyl (C=O) groups is 3. The first-order chi connectivity index (χ1) is 21.0. The van der Waals surface area contributed by atoms with Gasteiger partial charge in [0.1, 0.15) is 18.4 Å². The zero-order valence-electron chi connectivity index (χ0n) is 24.1. The van der Waals surface area contributed by atoms with Crippen LogP contribution >= 0.6 is 11.6 Å². The quantitative estimate of drug-likeness (QED) is 0.187. The van der Waals surface area contributed by atoms with E-state index in [0.717, 1.165) is 11.1 Å². The zero-order valence-corrected chi connectivity index (χ0v) is 24.9. The molecule has 11 heteroatoms. The molecule has 0 radical (unpaired) electrons. The van der Waals surface area contributed by atoms with Crippen molar-refractivity contribution in [1.82, 2.24) is 19.9 Å². The predicted molar refractivity (Wildman–Crippen MR) is 167 cm³/mol. The van der Waals surface area contributed by atoms with Crippen LogP contribution in [-0.4, -0.2) is 49.4 Å². The van der Waals surface area contributed by atoms with Gasteiger partial charge in [-0.25, -0.2) is 14.4 Å². The Morgan fingerprint density at radius 2 is 1.70 bits per heavy atom. The fourth-order valence-electron chi connectivity index (χ4n) is 4.94. The maximum Gasteiger partial charge on any atom is 0.249 e. The van der Waals surface area contributed by atoms with Crippen LogP contribution in [0.25, 0.3) is 33.2 Å². The Labute approximate surface area is 257 Å². The highest BCUT2D eigenvalue weighted by molar-refractivity contribution is 6.33. The number of ketones is 1. The molecule has 0 unspecified atom stereocenters. The van der Waals surface area contributed by atoms with Crippen LogP contribution < -0.4 is 10.6 Å². The molecule has 0 aliphatic carbocycles. The van der Waals surface area contributed by atoms with Gasteiger partial charge in [-0.2, -0.15) is 0 Å². The molecule has 0 aliphatic heterocycles. The van der Waals surface area contributed by atoms with Gasteiger partial charge in [0, 0.05) is 56.8 Å². The molecule has 44 heavy (non-hydrogen) atoms. The lowest BCUT2D eigenvalue weighted by Crippen LogP contribution is -2.51. The number of amides is 2. The Kier molecular flexibility index (Phi) is 8.84. The van der Waals surface area contributed by atoms with Crippen LogP contribution in [0.3, 0.4) is 0 Å². The number of anilines is 1. The maximum absolute atomic E-state index is 15.4. The number of aromatic nitrogens is 3. The van der Waals surface area contributed by atoms with Crippen molar-refractivity contribution in [3.63, 3.8) is 0 Å². The van der Waals surface area contributed by atoms with Crippen LogP contribution in [0, 0.1) is 12.7 Å². The standard InChI is InChI=1S/C33H29ClFN5O4/c1-18(41)26-16-40(29-12-11-21(13-25(26)29)22-14-36-20(3)37-15-22)17-30(43)39-32(19(2)42)33(44)38-28-10-6-8-24(31(28)35)23-7-4-5-9-27(23)34/h4-16,19,32,42H,17H2,1-3H3,(H,38,44)(H,39,43)/t19-,32+/m1/s1. The van der Waals surface area contributed by atoms with Crippen molar-refractivity contribution in [2.75, 3.05) is 5.32 Å². The van der Waals surface area contributed by atoms with Crippen molar-refractivity contribution in [2.24, 2.45) is 0 Å². The van der Waals surface area contributed by atoms with Gasteiger partial charge < -0.3 is 20.3 Å². The number of aliphatic hydroxyl groups excluding tert-OH is 1. The number of carbonyl (C=O) groups excluding carboxylic acids is 3. The number of benzene rings is 3. The molecule has 5 aromatic rings. The van der Waals surface area contributed by atoms with E-state index in [2.05, 4.69) is 20.6 Å². The summed E-state index contributed by atoms with van der Waals surface area (Å²) in [5, 5.41) is 16.4. The molecule has 3 aromatic carbocycles. The van der Waals surface area contributed by atoms with E-state index in [1.807, 2.05) is 12.1 Å². The van der Waals surface area contributed by atoms with Gasteiger partial charge in [0.05, 0.1) is 11.8 Å². The molecule has 2 heterocycles. The van der Waals surface area contributed by atoms with Gasteiger partial charge >= 0.3 is 0 Å². The molecule has 0 spiro atoms. The smallest absolute Gasteiger partial charge is 0.249 e. The number of aliphatic hydroxyl groups is 1. The number of Topliss-reactive ketones (excluding diaryl/α,β-unsaturated/α-hetero) is 1. The number of hydrogen-bond acceptors (Lipinski definition) is 6. The van der Waals surface area contributed by atoms with Gasteiger partial charge in [0.2, 0.25) is 11.8 Å². The molecular formula is C33H29ClFN5O4. The Morgan fingerprint density at radius 1 is 1.00 bits per heavy atom. The van der Waals surface area contributed by atoms with Crippen molar-refractivity contribution in [3.8, 4) is 22.3 Å². The van der Waals surface area contributed by atoms with Crippen molar-refractivity contribution in [3.05, 3.63) is 101 Å². The average Bonchev–Trinajstić information content (AvgIpc) is 3.35. The highest BCUT2D eigenvalue weighted by atomic mass is 35.5. The lowest BCUT2D eigenvalue weighted by atomic mass is 10.0. The summed E-state index contributed by atoms with van der Waals surface area (Å²) in [6, 6.07) is 15.3. The van der Waals surface area contributed by atoms with Gasteiger partial charge in [0.25, 0.3) is 0 Å². The number of nitrogens with zero attached hydrogens (tertiary/aromatic N) is 3. The summed E-state index contributed by atoms with van der Waals surface area (Å²) in [7, 11) is 0. The third-order valence-corrected chi connectivity index (χ3v) is 7.52. The third-order valence-electron chi connectivity index (χ3n) is 7.19. The molecule has 0 aliphatic rings. The molecule has 2 atom stereocenters. The summed E-state index contributed by atoms with van der Waals surface area (Å²) < 4.78 is 17.0. The van der Waals surface area contributed by atoms with Crippen molar-refractivity contribution in [1.29, 1.82) is 0 Å². The number of fused-ring (bicyclic) bond motifs is 1. The lowest BCUT2D eigenvalue weighted by molar-refractivity contribution is -0.129. The van der Waals surface area contributed by atoms with E-state index < -0.39 is 29.8 Å². The second-order valence-corrected chi connectivity index (χ2v) is 10.8. The Bertz CT molecular complexity index is 1890. The largest absolute Gasteiger partial charge is 0.391 e. The molecule has 0 saturated carbocycles. The molecule has 3 N–H and O–H groups in total. The van der Waals surface area contributed by atoms with Crippen LogP contribution in [-0.2, 0) is 16.1 Å². The minimum atomic E-state index is -1.40. The van der Waals surface area contributed by atoms with E-state index in [0.29, 0.717) is 32.9 Å². The fraction of sp³-hybridized carbons (Fsp3) is 0.182. The minimum absolute atomic E-state index is 0.135. The normalized spacial score (nSPS) is 12.5. The first-order valence-electron chi connectivity index (χ1n) is 13.8. The van der Waals surface area contributed by atoms with E-state index in [-0.39, 0.29) is 23.6 Å². The van der Waals surface area contributed by atoms with Crippen molar-refractivity contribution >= 4 is 45.8 Å². The molecule has 0 saturated heterocycles. The van der Waals surface area contributed by atoms with Crippen molar-refractivity contribution in [2.45, 2.75) is 39.5 Å². The molecular weight excluding hydrogens is 585 g/mol. The third kappa shape index (κ3) is 6.36. The summed E-state index contributed by atoms with van der Waals surface area (Å²) in [5.41, 5.74) is 3.12. The maximum atomic E-state index is 15.4. The summed E-state index contributed by atoms with van der Waals surface area (Å²) in [5.74, 6) is -1.67. The lowest BCUT2D eigenvalue weighted by Gasteiger charge is -2.21. The van der Waals surface area contributed by atoms with E-state index in [1.54, 1.807) is 66.5 Å². The first-order valence-corrected chi connectivity index (χ1v) is 14.2. The first kappa shape index (κ1) is 30.5. The number of halogens is 2. The zero-order chi connectivity index (χ0) is 31.5. The number of rotatable bonds is 9. The van der Waals surface area contributed by atoms with Crippen LogP contribution in [0.4, 0.5) is 10.1 Å². The monoisotopic (exact) mass is 613 g/mol. The van der Waals surface area contributed by atoms with E-state index in [9.17, 15) is 19.5 Å². The predicted octanol–water partition coefficient (Wildman–Crippen LogP) is 5.57. The molecule has 2 aromatic heterocycles. The Morgan fingerprint density at radius 3 is 2.39 bits per heavy atom. The molecule has 0 bridgehead atoms. The van der Waals surface area contributed by atoms with Gasteiger partial charge in [0.15, 0.2) is 11.6 Å². The molecule has 0 fully saturated rings. The Balaban J connectivity index is 1.36. The topological polar surface area (TPSA) is 126 Å². The SMILES string of the molecule is CC(=O)c1cn(CC(=O)N[C@H](C(=O)Nc2cccc(-c3ccccc3Cl)c2F)[C@@H](C)O)c2ccc(-c3cnc(C)nc3)cc12. The summed E-state index contributed by atoms with van der Waals surface area (Å²) in [6.07, 6.45) is 3.67. The second-order valence-electron chi connectivity index (χ2n) is 10.4. The number of nitrogens with one attached hydrogen (secondary N) is 2. The average molecular weight is 614 g/mol.